The van der Waals surface area contributed by atoms with Crippen LogP contribution in [0.5, 0.6) is 5.88 Å². The van der Waals surface area contributed by atoms with Crippen molar-refractivity contribution in [3.05, 3.63) is 23.4 Å². The normalized spacial score (nSPS) is 15.6. The molecule has 1 saturated carbocycles. The van der Waals surface area contributed by atoms with E-state index in [0.29, 0.717) is 12.0 Å². The van der Waals surface area contributed by atoms with Gasteiger partial charge in [0.25, 0.3) is 0 Å². The lowest BCUT2D eigenvalue weighted by atomic mass is 9.85. The number of hydrogen-bond donors (Lipinski definition) is 0. The van der Waals surface area contributed by atoms with Crippen LogP contribution in [0.3, 0.4) is 0 Å². The van der Waals surface area contributed by atoms with Crippen LogP contribution in [0.15, 0.2) is 12.3 Å². The Morgan fingerprint density at radius 2 is 2.12 bits per heavy atom. The van der Waals surface area contributed by atoms with Crippen molar-refractivity contribution in [2.24, 2.45) is 0 Å². The van der Waals surface area contributed by atoms with E-state index < -0.39 is 0 Å². The van der Waals surface area contributed by atoms with Gasteiger partial charge < -0.3 is 4.74 Å². The van der Waals surface area contributed by atoms with Gasteiger partial charge in [-0.1, -0.05) is 26.7 Å². The lowest BCUT2D eigenvalue weighted by Crippen LogP contribution is -2.14. The first-order valence-corrected chi connectivity index (χ1v) is 5.64. The van der Waals surface area contributed by atoms with Crippen LogP contribution >= 0.6 is 0 Å². The molecule has 2 heteroatoms. The molecule has 0 aromatic carbocycles. The van der Waals surface area contributed by atoms with Crippen molar-refractivity contribution in [3.8, 4) is 18.2 Å². The minimum atomic E-state index is 0.0206. The molecule has 1 aromatic heterocycles. The molecule has 0 unspecified atom stereocenters. The Bertz CT molecular complexity index is 433. The highest BCUT2D eigenvalue weighted by molar-refractivity contribution is 5.44. The van der Waals surface area contributed by atoms with E-state index in [0.717, 1.165) is 24.0 Å². The van der Waals surface area contributed by atoms with E-state index in [1.54, 1.807) is 0 Å². The van der Waals surface area contributed by atoms with E-state index in [2.05, 4.69) is 31.7 Å². The Morgan fingerprint density at radius 3 is 2.62 bits per heavy atom. The molecule has 0 radical (unpaired) electrons. The minimum absolute atomic E-state index is 0.0206. The van der Waals surface area contributed by atoms with Crippen molar-refractivity contribution in [3.63, 3.8) is 0 Å². The highest BCUT2D eigenvalue weighted by Crippen LogP contribution is 2.29. The first kappa shape index (κ1) is 11.0. The molecular weight excluding hydrogens is 198 g/mol. The lowest BCUT2D eigenvalue weighted by Gasteiger charge is -2.20. The van der Waals surface area contributed by atoms with Crippen molar-refractivity contribution in [2.45, 2.75) is 45.1 Å². The average Bonchev–Trinajstić information content (AvgIpc) is 3.00. The molecule has 2 rings (SSSR count). The van der Waals surface area contributed by atoms with Crippen LogP contribution in [0.4, 0.5) is 0 Å². The van der Waals surface area contributed by atoms with Gasteiger partial charge in [0.15, 0.2) is 0 Å². The zero-order valence-electron chi connectivity index (χ0n) is 10.1. The second-order valence-electron chi connectivity index (χ2n) is 5.28. The Morgan fingerprint density at radius 1 is 1.44 bits per heavy atom. The maximum Gasteiger partial charge on any atom is 0.214 e. The molecule has 16 heavy (non-hydrogen) atoms. The summed E-state index contributed by atoms with van der Waals surface area (Å²) >= 11 is 0. The van der Waals surface area contributed by atoms with Gasteiger partial charge in [-0.15, -0.1) is 6.42 Å². The number of nitrogens with zero attached hydrogens (tertiary/aromatic N) is 1. The van der Waals surface area contributed by atoms with E-state index in [4.69, 9.17) is 11.2 Å². The molecule has 1 aliphatic carbocycles. The fourth-order valence-electron chi connectivity index (χ4n) is 1.57. The first-order valence-electron chi connectivity index (χ1n) is 5.64. The maximum atomic E-state index is 5.63. The highest BCUT2D eigenvalue weighted by Gasteiger charge is 2.25. The van der Waals surface area contributed by atoms with Crippen molar-refractivity contribution < 1.29 is 4.74 Å². The SMILES string of the molecule is C#Cc1cc(OC2CC2)ncc1C(C)(C)C. The van der Waals surface area contributed by atoms with Crippen molar-refractivity contribution in [1.82, 2.24) is 4.98 Å². The summed E-state index contributed by atoms with van der Waals surface area (Å²) in [6, 6.07) is 1.87. The number of aromatic nitrogens is 1. The Balaban J connectivity index is 2.31. The van der Waals surface area contributed by atoms with Gasteiger partial charge in [0.1, 0.15) is 6.10 Å². The summed E-state index contributed by atoms with van der Waals surface area (Å²) in [6.45, 7) is 6.39. The van der Waals surface area contributed by atoms with Crippen LogP contribution in [0.1, 0.15) is 44.7 Å². The van der Waals surface area contributed by atoms with Gasteiger partial charge in [-0.2, -0.15) is 0 Å². The Kier molecular flexibility index (Phi) is 2.63. The summed E-state index contributed by atoms with van der Waals surface area (Å²) in [4.78, 5) is 4.32. The van der Waals surface area contributed by atoms with Crippen LogP contribution < -0.4 is 4.74 Å². The third-order valence-corrected chi connectivity index (χ3v) is 2.65. The number of terminal acetylenes is 1. The first-order chi connectivity index (χ1) is 7.50. The predicted octanol–water partition coefficient (Wildman–Crippen LogP) is 2.90. The van der Waals surface area contributed by atoms with Crippen molar-refractivity contribution >= 4 is 0 Å². The monoisotopic (exact) mass is 215 g/mol. The second kappa shape index (κ2) is 3.83. The average molecular weight is 215 g/mol. The minimum Gasteiger partial charge on any atom is -0.474 e. The van der Waals surface area contributed by atoms with E-state index in [9.17, 15) is 0 Å². The Hall–Kier alpha value is -1.49. The van der Waals surface area contributed by atoms with Gasteiger partial charge >= 0.3 is 0 Å². The van der Waals surface area contributed by atoms with Crippen LogP contribution in [0.2, 0.25) is 0 Å². The lowest BCUT2D eigenvalue weighted by molar-refractivity contribution is 0.290. The standard InChI is InChI=1S/C14H17NO/c1-5-10-8-13(16-11-6-7-11)15-9-12(10)14(2,3)4/h1,8-9,11H,6-7H2,2-4H3. The molecule has 1 aliphatic rings. The predicted molar refractivity (Wildman–Crippen MR) is 64.5 cm³/mol. The van der Waals surface area contributed by atoms with Gasteiger partial charge in [0.05, 0.1) is 0 Å². The summed E-state index contributed by atoms with van der Waals surface area (Å²) < 4.78 is 5.63. The molecular formula is C14H17NO. The van der Waals surface area contributed by atoms with Crippen LogP contribution in [0, 0.1) is 12.3 Å². The molecule has 0 amide bonds. The van der Waals surface area contributed by atoms with Gasteiger partial charge in [0, 0.05) is 17.8 Å². The Labute approximate surface area is 97.0 Å². The third-order valence-electron chi connectivity index (χ3n) is 2.65. The molecule has 0 bridgehead atoms. The summed E-state index contributed by atoms with van der Waals surface area (Å²) in [5.74, 6) is 3.37. The zero-order chi connectivity index (χ0) is 11.8. The molecule has 0 saturated heterocycles. The fraction of sp³-hybridized carbons (Fsp3) is 0.500. The molecule has 0 atom stereocenters. The highest BCUT2D eigenvalue weighted by atomic mass is 16.5. The molecule has 1 heterocycles. The summed E-state index contributed by atoms with van der Waals surface area (Å²) in [5, 5.41) is 0. The largest absolute Gasteiger partial charge is 0.474 e. The van der Waals surface area contributed by atoms with E-state index >= 15 is 0 Å². The van der Waals surface area contributed by atoms with Crippen molar-refractivity contribution in [2.75, 3.05) is 0 Å². The number of rotatable bonds is 2. The van der Waals surface area contributed by atoms with E-state index in [1.807, 2.05) is 12.3 Å². The number of pyridine rings is 1. The van der Waals surface area contributed by atoms with Crippen LogP contribution in [0.25, 0.3) is 0 Å². The zero-order valence-corrected chi connectivity index (χ0v) is 10.1. The van der Waals surface area contributed by atoms with Crippen molar-refractivity contribution in [1.29, 1.82) is 0 Å². The fourth-order valence-corrected chi connectivity index (χ4v) is 1.57. The summed E-state index contributed by atoms with van der Waals surface area (Å²) in [7, 11) is 0. The summed E-state index contributed by atoms with van der Waals surface area (Å²) in [5.41, 5.74) is 2.00. The van der Waals surface area contributed by atoms with Crippen LogP contribution in [-0.2, 0) is 5.41 Å². The maximum absolute atomic E-state index is 5.63. The molecule has 1 aromatic rings. The topological polar surface area (TPSA) is 22.1 Å². The van der Waals surface area contributed by atoms with Gasteiger partial charge in [-0.25, -0.2) is 4.98 Å². The number of ether oxygens (including phenoxy) is 1. The van der Waals surface area contributed by atoms with Gasteiger partial charge in [-0.3, -0.25) is 0 Å². The quantitative estimate of drug-likeness (QED) is 0.708. The van der Waals surface area contributed by atoms with E-state index in [1.165, 1.54) is 0 Å². The van der Waals surface area contributed by atoms with Crippen LogP contribution in [-0.4, -0.2) is 11.1 Å². The molecule has 84 valence electrons. The van der Waals surface area contributed by atoms with E-state index in [-0.39, 0.29) is 5.41 Å². The van der Waals surface area contributed by atoms with Gasteiger partial charge in [-0.05, 0) is 23.8 Å². The number of hydrogen-bond acceptors (Lipinski definition) is 2. The second-order valence-corrected chi connectivity index (χ2v) is 5.28. The molecule has 2 nitrogen and oxygen atoms in total. The third kappa shape index (κ3) is 2.36. The molecule has 0 aliphatic heterocycles. The van der Waals surface area contributed by atoms with Gasteiger partial charge in [0.2, 0.25) is 5.88 Å². The molecule has 1 fully saturated rings. The molecule has 0 N–H and O–H groups in total. The summed E-state index contributed by atoms with van der Waals surface area (Å²) in [6.07, 6.45) is 10.00. The smallest absolute Gasteiger partial charge is 0.214 e. The molecule has 0 spiro atoms.